The molecule has 110 valence electrons. The molecule has 0 aliphatic carbocycles. The van der Waals surface area contributed by atoms with Crippen molar-refractivity contribution >= 4 is 39.5 Å². The molecule has 0 fully saturated rings. The van der Waals surface area contributed by atoms with Crippen LogP contribution in [0.4, 0.5) is 0 Å². The van der Waals surface area contributed by atoms with Gasteiger partial charge in [0.05, 0.1) is 19.4 Å². The summed E-state index contributed by atoms with van der Waals surface area (Å²) in [6.45, 7) is 2.55. The molecule has 5 heteroatoms. The second-order valence-corrected chi connectivity index (χ2v) is 7.09. The second kappa shape index (κ2) is 7.35. The summed E-state index contributed by atoms with van der Waals surface area (Å²) in [6.07, 6.45) is 1.73. The maximum atomic E-state index is 5.51. The molecule has 0 radical (unpaired) electrons. The fourth-order valence-electron chi connectivity index (χ4n) is 2.24. The number of thioether (sulfide) groups is 1. The van der Waals surface area contributed by atoms with E-state index in [9.17, 15) is 0 Å². The quantitative estimate of drug-likeness (QED) is 0.545. The lowest BCUT2D eigenvalue weighted by Crippen LogP contribution is -2.27. The third kappa shape index (κ3) is 4.03. The molecule has 2 heterocycles. The van der Waals surface area contributed by atoms with Gasteiger partial charge in [0.1, 0.15) is 5.76 Å². The summed E-state index contributed by atoms with van der Waals surface area (Å²) in [5.74, 6) is 0.979. The highest BCUT2D eigenvalue weighted by molar-refractivity contribution is 14.1. The first kappa shape index (κ1) is 15.0. The van der Waals surface area contributed by atoms with Gasteiger partial charge in [-0.3, -0.25) is 4.99 Å². The molecule has 1 aromatic carbocycles. The van der Waals surface area contributed by atoms with Crippen molar-refractivity contribution in [2.45, 2.75) is 18.3 Å². The maximum Gasteiger partial charge on any atom is 0.160 e. The van der Waals surface area contributed by atoms with Gasteiger partial charge in [-0.05, 0) is 17.7 Å². The maximum absolute atomic E-state index is 5.51. The first-order valence-corrected chi connectivity index (χ1v) is 9.34. The van der Waals surface area contributed by atoms with Crippen molar-refractivity contribution in [1.82, 2.24) is 4.90 Å². The van der Waals surface area contributed by atoms with Crippen LogP contribution in [0.2, 0.25) is 0 Å². The fourth-order valence-corrected chi connectivity index (χ4v) is 4.00. The zero-order chi connectivity index (χ0) is 14.5. The van der Waals surface area contributed by atoms with Crippen LogP contribution in [-0.4, -0.2) is 26.3 Å². The van der Waals surface area contributed by atoms with E-state index in [1.807, 2.05) is 30.0 Å². The number of hydrogen-bond donors (Lipinski definition) is 0. The summed E-state index contributed by atoms with van der Waals surface area (Å²) in [5.41, 5.74) is 1.30. The number of furan rings is 1. The first-order chi connectivity index (χ1) is 10.3. The van der Waals surface area contributed by atoms with Gasteiger partial charge in [0, 0.05) is 16.2 Å². The number of hydrogen-bond acceptors (Lipinski definition) is 4. The van der Waals surface area contributed by atoms with E-state index in [-0.39, 0.29) is 0 Å². The predicted molar refractivity (Wildman–Crippen MR) is 97.0 cm³/mol. The van der Waals surface area contributed by atoms with Gasteiger partial charge >= 0.3 is 0 Å². The molecule has 1 aliphatic rings. The van der Waals surface area contributed by atoms with Gasteiger partial charge in [-0.15, -0.1) is 0 Å². The molecule has 0 saturated heterocycles. The molecule has 3 nitrogen and oxygen atoms in total. The molecule has 1 aromatic heterocycles. The largest absolute Gasteiger partial charge is 0.467 e. The van der Waals surface area contributed by atoms with E-state index in [0.29, 0.717) is 5.25 Å². The summed E-state index contributed by atoms with van der Waals surface area (Å²) in [4.78, 5) is 7.03. The number of rotatable bonds is 5. The molecule has 0 unspecified atom stereocenters. The van der Waals surface area contributed by atoms with Gasteiger partial charge in [-0.2, -0.15) is 0 Å². The molecule has 0 amide bonds. The number of amidine groups is 1. The van der Waals surface area contributed by atoms with E-state index in [1.165, 1.54) is 5.56 Å². The standard InChI is InChI=1S/C16H17IN2OS/c17-9-15-10-18-16(21-15)19(12-14-7-4-8-20-14)11-13-5-2-1-3-6-13/h1-8,15H,9-12H2/t15-/m0/s1. The van der Waals surface area contributed by atoms with Gasteiger partial charge in [-0.1, -0.05) is 64.7 Å². The second-order valence-electron chi connectivity index (χ2n) is 4.94. The van der Waals surface area contributed by atoms with Crippen LogP contribution in [-0.2, 0) is 13.1 Å². The Kier molecular flexibility index (Phi) is 5.24. The van der Waals surface area contributed by atoms with Crippen LogP contribution in [0.25, 0.3) is 0 Å². The van der Waals surface area contributed by atoms with Crippen molar-refractivity contribution in [3.8, 4) is 0 Å². The van der Waals surface area contributed by atoms with Crippen molar-refractivity contribution in [2.24, 2.45) is 4.99 Å². The normalized spacial score (nSPS) is 17.8. The average molecular weight is 412 g/mol. The van der Waals surface area contributed by atoms with Crippen LogP contribution < -0.4 is 0 Å². The topological polar surface area (TPSA) is 28.7 Å². The fraction of sp³-hybridized carbons (Fsp3) is 0.312. The Bertz CT molecular complexity index is 586. The third-order valence-corrected chi connectivity index (χ3v) is 6.20. The van der Waals surface area contributed by atoms with Gasteiger partial charge < -0.3 is 9.32 Å². The number of aliphatic imine (C=N–C) groups is 1. The molecule has 0 spiro atoms. The SMILES string of the molecule is IC[C@H]1CN=C(N(Cc2ccccc2)Cc2ccco2)S1. The Labute approximate surface area is 143 Å². The molecule has 1 atom stereocenters. The van der Waals surface area contributed by atoms with Crippen molar-refractivity contribution < 1.29 is 4.42 Å². The Morgan fingerprint density at radius 3 is 2.71 bits per heavy atom. The summed E-state index contributed by atoms with van der Waals surface area (Å²) in [6, 6.07) is 14.5. The highest BCUT2D eigenvalue weighted by Crippen LogP contribution is 2.27. The van der Waals surface area contributed by atoms with Crippen LogP contribution >= 0.6 is 34.4 Å². The number of halogens is 1. The molecule has 1 aliphatic heterocycles. The van der Waals surface area contributed by atoms with E-state index >= 15 is 0 Å². The average Bonchev–Trinajstić information content (AvgIpc) is 3.19. The summed E-state index contributed by atoms with van der Waals surface area (Å²) < 4.78 is 6.64. The zero-order valence-electron chi connectivity index (χ0n) is 11.6. The van der Waals surface area contributed by atoms with E-state index in [4.69, 9.17) is 9.41 Å². The summed E-state index contributed by atoms with van der Waals surface area (Å²) in [7, 11) is 0. The molecule has 21 heavy (non-hydrogen) atoms. The van der Waals surface area contributed by atoms with Gasteiger partial charge in [-0.25, -0.2) is 0 Å². The Balaban J connectivity index is 1.75. The monoisotopic (exact) mass is 412 g/mol. The highest BCUT2D eigenvalue weighted by Gasteiger charge is 2.24. The Morgan fingerprint density at radius 1 is 1.19 bits per heavy atom. The van der Waals surface area contributed by atoms with Crippen LogP contribution in [0.5, 0.6) is 0 Å². The molecule has 0 bridgehead atoms. The number of benzene rings is 1. The smallest absolute Gasteiger partial charge is 0.160 e. The Hall–Kier alpha value is -0.950. The predicted octanol–water partition coefficient (Wildman–Crippen LogP) is 4.19. The van der Waals surface area contributed by atoms with E-state index in [0.717, 1.165) is 35.0 Å². The highest BCUT2D eigenvalue weighted by atomic mass is 127. The van der Waals surface area contributed by atoms with Crippen LogP contribution in [0.15, 0.2) is 58.1 Å². The van der Waals surface area contributed by atoms with Gasteiger partial charge in [0.25, 0.3) is 0 Å². The molecular weight excluding hydrogens is 395 g/mol. The minimum atomic E-state index is 0.607. The lowest BCUT2D eigenvalue weighted by Gasteiger charge is -2.23. The lowest BCUT2D eigenvalue weighted by atomic mass is 10.2. The van der Waals surface area contributed by atoms with Gasteiger partial charge in [0.15, 0.2) is 5.17 Å². The molecule has 3 rings (SSSR count). The van der Waals surface area contributed by atoms with Crippen molar-refractivity contribution in [1.29, 1.82) is 0 Å². The van der Waals surface area contributed by atoms with E-state index in [2.05, 4.69) is 51.8 Å². The molecule has 0 saturated carbocycles. The van der Waals surface area contributed by atoms with E-state index < -0.39 is 0 Å². The Morgan fingerprint density at radius 2 is 2.05 bits per heavy atom. The van der Waals surface area contributed by atoms with Crippen molar-refractivity contribution in [3.63, 3.8) is 0 Å². The minimum absolute atomic E-state index is 0.607. The van der Waals surface area contributed by atoms with Crippen molar-refractivity contribution in [3.05, 3.63) is 60.1 Å². The molecule has 2 aromatic rings. The van der Waals surface area contributed by atoms with Crippen molar-refractivity contribution in [2.75, 3.05) is 11.0 Å². The van der Waals surface area contributed by atoms with Crippen LogP contribution in [0.3, 0.4) is 0 Å². The zero-order valence-corrected chi connectivity index (χ0v) is 14.6. The first-order valence-electron chi connectivity index (χ1n) is 6.93. The molecule has 0 N–H and O–H groups in total. The van der Waals surface area contributed by atoms with Crippen LogP contribution in [0, 0.1) is 0 Å². The van der Waals surface area contributed by atoms with E-state index in [1.54, 1.807) is 6.26 Å². The number of alkyl halides is 1. The summed E-state index contributed by atoms with van der Waals surface area (Å²) in [5, 5.41) is 1.74. The number of nitrogens with zero attached hydrogens (tertiary/aromatic N) is 2. The van der Waals surface area contributed by atoms with Gasteiger partial charge in [0.2, 0.25) is 0 Å². The minimum Gasteiger partial charge on any atom is -0.467 e. The molecular formula is C16H17IN2OS. The summed E-state index contributed by atoms with van der Waals surface area (Å²) >= 11 is 4.32. The lowest BCUT2D eigenvalue weighted by molar-refractivity contribution is 0.361. The third-order valence-electron chi connectivity index (χ3n) is 3.29. The van der Waals surface area contributed by atoms with Crippen LogP contribution in [0.1, 0.15) is 11.3 Å².